The zero-order chi connectivity index (χ0) is 25.4. The number of rotatable bonds is 7. The average Bonchev–Trinajstić information content (AvgIpc) is 2.88. The van der Waals surface area contributed by atoms with Gasteiger partial charge in [-0.2, -0.15) is 0 Å². The topological polar surface area (TPSA) is 59.1 Å². The van der Waals surface area contributed by atoms with Gasteiger partial charge in [0.25, 0.3) is 0 Å². The predicted octanol–water partition coefficient (Wildman–Crippen LogP) is 5.94. The third-order valence-electron chi connectivity index (χ3n) is 6.97. The normalized spacial score (nSPS) is 17.9. The Balaban J connectivity index is 1.62. The average molecular weight is 505 g/mol. The van der Waals surface area contributed by atoms with Crippen molar-refractivity contribution in [2.45, 2.75) is 45.3 Å². The first-order valence-electron chi connectivity index (χ1n) is 12.2. The number of methoxy groups -OCH3 is 1. The zero-order valence-electron chi connectivity index (χ0n) is 20.7. The van der Waals surface area contributed by atoms with E-state index < -0.39 is 0 Å². The van der Waals surface area contributed by atoms with Gasteiger partial charge < -0.3 is 19.3 Å². The largest absolute Gasteiger partial charge is 0.493 e. The van der Waals surface area contributed by atoms with Crippen molar-refractivity contribution in [3.63, 3.8) is 0 Å². The molecule has 0 spiro atoms. The van der Waals surface area contributed by atoms with E-state index >= 15 is 0 Å². The van der Waals surface area contributed by atoms with Crippen molar-refractivity contribution in [1.29, 1.82) is 0 Å². The lowest BCUT2D eigenvalue weighted by Crippen LogP contribution is -2.43. The molecular weight excluding hydrogens is 476 g/mol. The second-order valence-corrected chi connectivity index (χ2v) is 9.68. The number of fused-ring (bicyclic) bond motifs is 1. The monoisotopic (exact) mass is 504 g/mol. The number of benzene rings is 3. The number of anilines is 2. The van der Waals surface area contributed by atoms with Crippen molar-refractivity contribution in [2.24, 2.45) is 0 Å². The summed E-state index contributed by atoms with van der Waals surface area (Å²) in [4.78, 5) is 29.1. The van der Waals surface area contributed by atoms with Crippen molar-refractivity contribution in [3.8, 4) is 11.5 Å². The zero-order valence-corrected chi connectivity index (χ0v) is 21.4. The molecule has 2 aliphatic rings. The van der Waals surface area contributed by atoms with Crippen LogP contribution in [0.4, 0.5) is 11.4 Å². The van der Waals surface area contributed by atoms with Gasteiger partial charge in [0.15, 0.2) is 11.5 Å². The minimum atomic E-state index is -0.375. The highest BCUT2D eigenvalue weighted by Gasteiger charge is 2.36. The molecule has 36 heavy (non-hydrogen) atoms. The Bertz CT molecular complexity index is 1290. The van der Waals surface area contributed by atoms with Gasteiger partial charge in [0.05, 0.1) is 25.7 Å². The first-order chi connectivity index (χ1) is 17.4. The standard InChI is InChI=1S/C29H29ClN2O4/c1-4-18(2)36-26-17-24-20(15-25(26)35-3)16-28(34)32(29(24)19-5-7-21(30)8-6-19)23-11-9-22(10-12-23)31-14-13-27(31)33/h5-12,15,17-18,29H,4,13-14,16H2,1-3H3/t18?,29-/m0/s1. The Labute approximate surface area is 216 Å². The van der Waals surface area contributed by atoms with E-state index in [4.69, 9.17) is 21.1 Å². The number of hydrogen-bond donors (Lipinski definition) is 0. The number of amides is 2. The molecule has 1 unspecified atom stereocenters. The Morgan fingerprint density at radius 3 is 2.25 bits per heavy atom. The molecule has 3 aromatic carbocycles. The molecule has 5 rings (SSSR count). The summed E-state index contributed by atoms with van der Waals surface area (Å²) in [5.41, 5.74) is 4.44. The van der Waals surface area contributed by atoms with Crippen molar-refractivity contribution in [3.05, 3.63) is 82.4 Å². The maximum Gasteiger partial charge on any atom is 0.232 e. The van der Waals surface area contributed by atoms with Crippen molar-refractivity contribution >= 4 is 34.8 Å². The highest BCUT2D eigenvalue weighted by molar-refractivity contribution is 6.30. The molecule has 2 aliphatic heterocycles. The van der Waals surface area contributed by atoms with E-state index in [-0.39, 0.29) is 30.4 Å². The molecule has 186 valence electrons. The van der Waals surface area contributed by atoms with Gasteiger partial charge in [-0.05, 0) is 78.6 Å². The molecule has 6 nitrogen and oxygen atoms in total. The van der Waals surface area contributed by atoms with Gasteiger partial charge in [-0.1, -0.05) is 30.7 Å². The van der Waals surface area contributed by atoms with Gasteiger partial charge in [0.1, 0.15) is 0 Å². The van der Waals surface area contributed by atoms with E-state index in [1.54, 1.807) is 12.0 Å². The minimum Gasteiger partial charge on any atom is -0.493 e. The number of carbonyl (C=O) groups excluding carboxylic acids is 2. The molecule has 7 heteroatoms. The Hall–Kier alpha value is -3.51. The molecular formula is C29H29ClN2O4. The second kappa shape index (κ2) is 9.86. The van der Waals surface area contributed by atoms with Crippen molar-refractivity contribution in [2.75, 3.05) is 23.5 Å². The van der Waals surface area contributed by atoms with Crippen LogP contribution in [0, 0.1) is 0 Å². The maximum absolute atomic E-state index is 13.6. The predicted molar refractivity (Wildman–Crippen MR) is 141 cm³/mol. The highest BCUT2D eigenvalue weighted by atomic mass is 35.5. The molecule has 0 radical (unpaired) electrons. The van der Waals surface area contributed by atoms with Gasteiger partial charge in [0, 0.05) is 29.4 Å². The number of nitrogens with zero attached hydrogens (tertiary/aromatic N) is 2. The lowest BCUT2D eigenvalue weighted by Gasteiger charge is -2.38. The van der Waals surface area contributed by atoms with Crippen LogP contribution in [0.5, 0.6) is 11.5 Å². The summed E-state index contributed by atoms with van der Waals surface area (Å²) in [5, 5.41) is 0.631. The van der Waals surface area contributed by atoms with Crippen LogP contribution in [0.2, 0.25) is 5.02 Å². The third-order valence-corrected chi connectivity index (χ3v) is 7.22. The molecule has 1 fully saturated rings. The lowest BCUT2D eigenvalue weighted by atomic mass is 9.86. The Morgan fingerprint density at radius 1 is 0.972 bits per heavy atom. The van der Waals surface area contributed by atoms with Crippen LogP contribution in [0.3, 0.4) is 0 Å². The molecule has 0 aliphatic carbocycles. The van der Waals surface area contributed by atoms with Crippen LogP contribution in [0.25, 0.3) is 0 Å². The third kappa shape index (κ3) is 4.42. The molecule has 3 aromatic rings. The van der Waals surface area contributed by atoms with Crippen LogP contribution in [0.1, 0.15) is 49.4 Å². The molecule has 2 atom stereocenters. The van der Waals surface area contributed by atoms with E-state index in [1.807, 2.05) is 72.5 Å². The van der Waals surface area contributed by atoms with Crippen LogP contribution in [0.15, 0.2) is 60.7 Å². The van der Waals surface area contributed by atoms with E-state index in [0.717, 1.165) is 41.0 Å². The number of carbonyl (C=O) groups is 2. The van der Waals surface area contributed by atoms with Crippen LogP contribution < -0.4 is 19.3 Å². The van der Waals surface area contributed by atoms with Gasteiger partial charge >= 0.3 is 0 Å². The first kappa shape index (κ1) is 24.2. The number of β-lactam (4-membered cyclic amide) rings is 1. The van der Waals surface area contributed by atoms with Crippen LogP contribution in [-0.4, -0.2) is 31.6 Å². The van der Waals surface area contributed by atoms with Gasteiger partial charge in [-0.15, -0.1) is 0 Å². The number of ether oxygens (including phenoxy) is 2. The number of hydrogen-bond acceptors (Lipinski definition) is 4. The van der Waals surface area contributed by atoms with E-state index in [1.165, 1.54) is 0 Å². The molecule has 0 N–H and O–H groups in total. The smallest absolute Gasteiger partial charge is 0.232 e. The fraction of sp³-hybridized carbons (Fsp3) is 0.310. The highest BCUT2D eigenvalue weighted by Crippen LogP contribution is 2.44. The second-order valence-electron chi connectivity index (χ2n) is 9.24. The van der Waals surface area contributed by atoms with E-state index in [0.29, 0.717) is 22.9 Å². The Kier molecular flexibility index (Phi) is 6.63. The Morgan fingerprint density at radius 2 is 1.67 bits per heavy atom. The minimum absolute atomic E-state index is 0.0176. The quantitative estimate of drug-likeness (QED) is 0.373. The summed E-state index contributed by atoms with van der Waals surface area (Å²) in [5.74, 6) is 1.37. The van der Waals surface area contributed by atoms with E-state index in [2.05, 4.69) is 6.92 Å². The summed E-state index contributed by atoms with van der Waals surface area (Å²) >= 11 is 6.20. The lowest BCUT2D eigenvalue weighted by molar-refractivity contribution is -0.122. The summed E-state index contributed by atoms with van der Waals surface area (Å²) in [6, 6.07) is 18.8. The molecule has 1 saturated heterocycles. The molecule has 0 aromatic heterocycles. The molecule has 2 amide bonds. The first-order valence-corrected chi connectivity index (χ1v) is 12.6. The van der Waals surface area contributed by atoms with E-state index in [9.17, 15) is 9.59 Å². The number of halogens is 1. The SMILES string of the molecule is CCC(C)Oc1cc2c(cc1OC)CC(=O)N(c1ccc(N3CCC3=O)cc1)[C@H]2c1ccc(Cl)cc1. The van der Waals surface area contributed by atoms with Crippen LogP contribution in [-0.2, 0) is 16.0 Å². The van der Waals surface area contributed by atoms with Crippen molar-refractivity contribution < 1.29 is 19.1 Å². The summed E-state index contributed by atoms with van der Waals surface area (Å²) in [7, 11) is 1.61. The summed E-state index contributed by atoms with van der Waals surface area (Å²) in [6.07, 6.45) is 1.69. The van der Waals surface area contributed by atoms with Gasteiger partial charge in [-0.3, -0.25) is 9.59 Å². The fourth-order valence-electron chi connectivity index (χ4n) is 4.76. The summed E-state index contributed by atoms with van der Waals surface area (Å²) < 4.78 is 11.8. The van der Waals surface area contributed by atoms with Crippen LogP contribution >= 0.6 is 11.6 Å². The molecule has 0 bridgehead atoms. The van der Waals surface area contributed by atoms with Crippen molar-refractivity contribution in [1.82, 2.24) is 0 Å². The van der Waals surface area contributed by atoms with Gasteiger partial charge in [-0.25, -0.2) is 0 Å². The summed E-state index contributed by atoms with van der Waals surface area (Å²) in [6.45, 7) is 4.82. The van der Waals surface area contributed by atoms with Gasteiger partial charge in [0.2, 0.25) is 11.8 Å². The fourth-order valence-corrected chi connectivity index (χ4v) is 4.88. The maximum atomic E-state index is 13.6. The molecule has 0 saturated carbocycles. The molecule has 2 heterocycles.